The average molecular weight is 265 g/mol. The Kier molecular flexibility index (Phi) is 3.47. The highest BCUT2D eigenvalue weighted by atomic mass is 19.1. The van der Waals surface area contributed by atoms with Crippen molar-refractivity contribution in [1.29, 1.82) is 0 Å². The summed E-state index contributed by atoms with van der Waals surface area (Å²) in [4.78, 5) is 17.6. The smallest absolute Gasteiger partial charge is 0.257 e. The van der Waals surface area contributed by atoms with Crippen molar-refractivity contribution in [2.45, 2.75) is 27.2 Å². The van der Waals surface area contributed by atoms with Crippen LogP contribution in [-0.2, 0) is 0 Å². The molecule has 0 saturated carbocycles. The molecule has 2 rings (SSSR count). The molecule has 0 spiro atoms. The van der Waals surface area contributed by atoms with E-state index in [0.717, 1.165) is 6.42 Å². The molecule has 104 valence electrons. The SMILES string of the molecule is CC(C)(C)C1CCN(C(=O)c2ccnc(N)c2F)C1. The van der Waals surface area contributed by atoms with E-state index >= 15 is 0 Å². The second-order valence-electron chi connectivity index (χ2n) is 6.16. The first kappa shape index (κ1) is 13.8. The minimum absolute atomic E-state index is 0.0158. The Labute approximate surface area is 112 Å². The monoisotopic (exact) mass is 265 g/mol. The number of nitrogens with two attached hydrogens (primary N) is 1. The number of hydrogen-bond donors (Lipinski definition) is 1. The number of halogens is 1. The lowest BCUT2D eigenvalue weighted by Gasteiger charge is -2.27. The van der Waals surface area contributed by atoms with Crippen LogP contribution in [0.15, 0.2) is 12.3 Å². The number of likely N-dealkylation sites (tertiary alicyclic amines) is 1. The van der Waals surface area contributed by atoms with Crippen molar-refractivity contribution in [1.82, 2.24) is 9.88 Å². The van der Waals surface area contributed by atoms with Gasteiger partial charge in [0.1, 0.15) is 0 Å². The molecule has 1 amide bonds. The van der Waals surface area contributed by atoms with E-state index < -0.39 is 5.82 Å². The van der Waals surface area contributed by atoms with Gasteiger partial charge in [-0.1, -0.05) is 20.8 Å². The second kappa shape index (κ2) is 4.79. The topological polar surface area (TPSA) is 59.2 Å². The highest BCUT2D eigenvalue weighted by Gasteiger charge is 2.34. The van der Waals surface area contributed by atoms with Gasteiger partial charge in [0.25, 0.3) is 5.91 Å². The molecule has 2 heterocycles. The summed E-state index contributed by atoms with van der Waals surface area (Å²) in [5.41, 5.74) is 5.57. The minimum Gasteiger partial charge on any atom is -0.381 e. The summed E-state index contributed by atoms with van der Waals surface area (Å²) in [6.45, 7) is 7.83. The molecule has 0 aromatic carbocycles. The standard InChI is InChI=1S/C14H20FN3O/c1-14(2,3)9-5-7-18(8-9)13(19)10-4-6-17-12(16)11(10)15/h4,6,9H,5,7-8H2,1-3H3,(H2,16,17). The van der Waals surface area contributed by atoms with Crippen LogP contribution in [0.1, 0.15) is 37.6 Å². The Bertz CT molecular complexity index is 496. The van der Waals surface area contributed by atoms with E-state index in [1.165, 1.54) is 12.3 Å². The van der Waals surface area contributed by atoms with E-state index in [-0.39, 0.29) is 22.7 Å². The maximum Gasteiger partial charge on any atom is 0.257 e. The lowest BCUT2D eigenvalue weighted by molar-refractivity contribution is 0.0772. The van der Waals surface area contributed by atoms with Crippen molar-refractivity contribution < 1.29 is 9.18 Å². The average Bonchev–Trinajstić information content (AvgIpc) is 2.81. The van der Waals surface area contributed by atoms with Crippen molar-refractivity contribution in [3.63, 3.8) is 0 Å². The fourth-order valence-electron chi connectivity index (χ4n) is 2.45. The number of nitrogens with zero attached hydrogens (tertiary/aromatic N) is 2. The van der Waals surface area contributed by atoms with Crippen molar-refractivity contribution >= 4 is 11.7 Å². The van der Waals surface area contributed by atoms with Gasteiger partial charge in [-0.05, 0) is 23.8 Å². The molecule has 0 radical (unpaired) electrons. The molecule has 2 N–H and O–H groups in total. The van der Waals surface area contributed by atoms with E-state index in [9.17, 15) is 9.18 Å². The predicted molar refractivity (Wildman–Crippen MR) is 72.1 cm³/mol. The lowest BCUT2D eigenvalue weighted by Crippen LogP contribution is -2.31. The number of rotatable bonds is 1. The van der Waals surface area contributed by atoms with Crippen LogP contribution in [0.4, 0.5) is 10.2 Å². The number of aromatic nitrogens is 1. The molecule has 5 heteroatoms. The molecule has 1 aliphatic rings. The maximum absolute atomic E-state index is 13.8. The molecule has 1 atom stereocenters. The van der Waals surface area contributed by atoms with E-state index in [2.05, 4.69) is 25.8 Å². The van der Waals surface area contributed by atoms with Gasteiger partial charge in [0.05, 0.1) is 5.56 Å². The summed E-state index contributed by atoms with van der Waals surface area (Å²) in [6.07, 6.45) is 2.32. The molecule has 1 aromatic heterocycles. The highest BCUT2D eigenvalue weighted by Crippen LogP contribution is 2.34. The van der Waals surface area contributed by atoms with Gasteiger partial charge in [0, 0.05) is 19.3 Å². The maximum atomic E-state index is 13.8. The third kappa shape index (κ3) is 2.69. The Morgan fingerprint density at radius 1 is 1.53 bits per heavy atom. The van der Waals surface area contributed by atoms with Crippen molar-refractivity contribution in [3.8, 4) is 0 Å². The zero-order chi connectivity index (χ0) is 14.2. The van der Waals surface area contributed by atoms with E-state index in [1.807, 2.05) is 0 Å². The van der Waals surface area contributed by atoms with Gasteiger partial charge in [0.15, 0.2) is 11.6 Å². The largest absolute Gasteiger partial charge is 0.381 e. The number of carbonyl (C=O) groups is 1. The first-order valence-corrected chi connectivity index (χ1v) is 6.50. The van der Waals surface area contributed by atoms with Gasteiger partial charge in [-0.15, -0.1) is 0 Å². The fraction of sp³-hybridized carbons (Fsp3) is 0.571. The van der Waals surface area contributed by atoms with Crippen LogP contribution in [-0.4, -0.2) is 28.9 Å². The number of anilines is 1. The Morgan fingerprint density at radius 3 is 2.79 bits per heavy atom. The van der Waals surface area contributed by atoms with Crippen LogP contribution in [0.25, 0.3) is 0 Å². The Hall–Kier alpha value is -1.65. The number of amides is 1. The second-order valence-corrected chi connectivity index (χ2v) is 6.16. The Balaban J connectivity index is 2.16. The van der Waals surface area contributed by atoms with Crippen LogP contribution in [0.2, 0.25) is 0 Å². The van der Waals surface area contributed by atoms with E-state index in [1.54, 1.807) is 4.90 Å². The fourth-order valence-corrected chi connectivity index (χ4v) is 2.45. The normalized spacial score (nSPS) is 19.8. The van der Waals surface area contributed by atoms with Gasteiger partial charge < -0.3 is 10.6 Å². The van der Waals surface area contributed by atoms with Gasteiger partial charge in [-0.25, -0.2) is 9.37 Å². The summed E-state index contributed by atoms with van der Waals surface area (Å²) in [5, 5.41) is 0. The number of nitrogen functional groups attached to an aromatic ring is 1. The molecule has 1 unspecified atom stereocenters. The minimum atomic E-state index is -0.716. The predicted octanol–water partition coefficient (Wildman–Crippen LogP) is 2.31. The number of hydrogen-bond acceptors (Lipinski definition) is 3. The zero-order valence-electron chi connectivity index (χ0n) is 11.6. The van der Waals surface area contributed by atoms with Gasteiger partial charge in [0.2, 0.25) is 0 Å². The third-order valence-corrected chi connectivity index (χ3v) is 3.85. The number of pyridine rings is 1. The molecule has 0 aliphatic carbocycles. The van der Waals surface area contributed by atoms with E-state index in [4.69, 9.17) is 5.73 Å². The quantitative estimate of drug-likeness (QED) is 0.847. The van der Waals surface area contributed by atoms with Crippen LogP contribution in [0.3, 0.4) is 0 Å². The van der Waals surface area contributed by atoms with Gasteiger partial charge in [-0.3, -0.25) is 4.79 Å². The zero-order valence-corrected chi connectivity index (χ0v) is 11.6. The molecular weight excluding hydrogens is 245 g/mol. The molecule has 1 fully saturated rings. The molecule has 1 saturated heterocycles. The molecular formula is C14H20FN3O. The van der Waals surface area contributed by atoms with Crippen LogP contribution < -0.4 is 5.73 Å². The molecule has 1 aliphatic heterocycles. The van der Waals surface area contributed by atoms with Crippen LogP contribution >= 0.6 is 0 Å². The molecule has 19 heavy (non-hydrogen) atoms. The molecule has 1 aromatic rings. The van der Waals surface area contributed by atoms with Crippen LogP contribution in [0, 0.1) is 17.2 Å². The Morgan fingerprint density at radius 2 is 2.21 bits per heavy atom. The summed E-state index contributed by atoms with van der Waals surface area (Å²) >= 11 is 0. The first-order chi connectivity index (χ1) is 8.80. The van der Waals surface area contributed by atoms with Crippen LogP contribution in [0.5, 0.6) is 0 Å². The summed E-state index contributed by atoms with van der Waals surface area (Å²) in [6, 6.07) is 1.39. The summed E-state index contributed by atoms with van der Waals surface area (Å²) < 4.78 is 13.8. The van der Waals surface area contributed by atoms with Gasteiger partial charge >= 0.3 is 0 Å². The van der Waals surface area contributed by atoms with E-state index in [0.29, 0.717) is 19.0 Å². The summed E-state index contributed by atoms with van der Waals surface area (Å²) in [7, 11) is 0. The first-order valence-electron chi connectivity index (χ1n) is 6.50. The summed E-state index contributed by atoms with van der Waals surface area (Å²) in [5.74, 6) is -0.791. The molecule has 0 bridgehead atoms. The van der Waals surface area contributed by atoms with Crippen molar-refractivity contribution in [3.05, 3.63) is 23.6 Å². The molecule has 4 nitrogen and oxygen atoms in total. The van der Waals surface area contributed by atoms with Crippen molar-refractivity contribution in [2.24, 2.45) is 11.3 Å². The van der Waals surface area contributed by atoms with Gasteiger partial charge in [-0.2, -0.15) is 0 Å². The third-order valence-electron chi connectivity index (χ3n) is 3.85. The number of carbonyl (C=O) groups excluding carboxylic acids is 1. The van der Waals surface area contributed by atoms with Crippen molar-refractivity contribution in [2.75, 3.05) is 18.8 Å². The lowest BCUT2D eigenvalue weighted by atomic mass is 9.80. The highest BCUT2D eigenvalue weighted by molar-refractivity contribution is 5.95.